The van der Waals surface area contributed by atoms with E-state index in [0.717, 1.165) is 11.1 Å². The molecular weight excluding hydrogens is 436 g/mol. The van der Waals surface area contributed by atoms with Gasteiger partial charge in [-0.25, -0.2) is 9.59 Å². The monoisotopic (exact) mass is 460 g/mol. The number of fused-ring (bicyclic) bond motifs is 3. The molecule has 1 aromatic heterocycles. The number of anilines is 1. The number of ether oxygens (including phenoxy) is 1. The molecule has 0 spiro atoms. The van der Waals surface area contributed by atoms with Gasteiger partial charge in [0.05, 0.1) is 0 Å². The molecule has 2 aliphatic rings. The molecule has 0 radical (unpaired) electrons. The Morgan fingerprint density at radius 1 is 1.06 bits per heavy atom. The molecule has 9 heteroatoms. The minimum Gasteiger partial charge on any atom is -0.477 e. The number of rotatable bonds is 6. The highest BCUT2D eigenvalue weighted by molar-refractivity contribution is 5.94. The third kappa shape index (κ3) is 4.00. The molecule has 3 N–H and O–H groups in total. The molecule has 2 amide bonds. The maximum absolute atomic E-state index is 12.4. The molecule has 0 unspecified atom stereocenters. The molecular formula is C25H24N4O5. The predicted octanol–water partition coefficient (Wildman–Crippen LogP) is 3.37. The maximum atomic E-state index is 12.4. The predicted molar refractivity (Wildman–Crippen MR) is 124 cm³/mol. The third-order valence-electron chi connectivity index (χ3n) is 6.52. The van der Waals surface area contributed by atoms with Gasteiger partial charge in [-0.1, -0.05) is 48.5 Å². The van der Waals surface area contributed by atoms with Crippen molar-refractivity contribution in [1.82, 2.24) is 15.1 Å². The van der Waals surface area contributed by atoms with Gasteiger partial charge in [0, 0.05) is 31.0 Å². The Morgan fingerprint density at radius 3 is 2.26 bits per heavy atom. The molecule has 5 rings (SSSR count). The van der Waals surface area contributed by atoms with Gasteiger partial charge in [-0.05, 0) is 35.1 Å². The van der Waals surface area contributed by atoms with E-state index < -0.39 is 12.1 Å². The van der Waals surface area contributed by atoms with Gasteiger partial charge in [0.15, 0.2) is 5.82 Å². The Hall–Kier alpha value is -4.14. The van der Waals surface area contributed by atoms with E-state index in [1.165, 1.54) is 28.9 Å². The van der Waals surface area contributed by atoms with Crippen LogP contribution in [0.4, 0.5) is 10.6 Å². The van der Waals surface area contributed by atoms with Gasteiger partial charge in [-0.15, -0.1) is 0 Å². The lowest BCUT2D eigenvalue weighted by atomic mass is 9.79. The summed E-state index contributed by atoms with van der Waals surface area (Å²) < 4.78 is 6.75. The molecule has 1 heterocycles. The number of carboxylic acid groups (broad SMARTS) is 1. The second-order valence-electron chi connectivity index (χ2n) is 8.67. The van der Waals surface area contributed by atoms with E-state index in [9.17, 15) is 14.4 Å². The fourth-order valence-electron chi connectivity index (χ4n) is 4.71. The van der Waals surface area contributed by atoms with Crippen LogP contribution < -0.4 is 10.6 Å². The number of nitrogens with one attached hydrogen (secondary N) is 2. The van der Waals surface area contributed by atoms with Crippen LogP contribution in [0, 0.1) is 5.92 Å². The zero-order chi connectivity index (χ0) is 23.8. The largest absolute Gasteiger partial charge is 0.477 e. The van der Waals surface area contributed by atoms with Crippen molar-refractivity contribution in [1.29, 1.82) is 0 Å². The average molecular weight is 460 g/mol. The van der Waals surface area contributed by atoms with Crippen molar-refractivity contribution in [3.63, 3.8) is 0 Å². The van der Waals surface area contributed by atoms with Crippen molar-refractivity contribution in [2.75, 3.05) is 11.9 Å². The first-order valence-electron chi connectivity index (χ1n) is 11.1. The van der Waals surface area contributed by atoms with Crippen LogP contribution >= 0.6 is 0 Å². The summed E-state index contributed by atoms with van der Waals surface area (Å²) in [6.07, 6.45) is 0.463. The first-order valence-corrected chi connectivity index (χ1v) is 11.1. The van der Waals surface area contributed by atoms with Crippen LogP contribution in [-0.4, -0.2) is 45.5 Å². The number of carbonyl (C=O) groups excluding carboxylic acids is 2. The maximum Gasteiger partial charge on any atom is 0.407 e. The van der Waals surface area contributed by atoms with Gasteiger partial charge >= 0.3 is 12.1 Å². The summed E-state index contributed by atoms with van der Waals surface area (Å²) in [6, 6.07) is 17.5. The Balaban J connectivity index is 1.11. The van der Waals surface area contributed by atoms with Crippen LogP contribution in [0.2, 0.25) is 0 Å². The molecule has 2 aromatic carbocycles. The lowest BCUT2D eigenvalue weighted by Crippen LogP contribution is -2.48. The molecule has 0 atom stereocenters. The van der Waals surface area contributed by atoms with Crippen LogP contribution in [0.5, 0.6) is 0 Å². The number of aromatic nitrogens is 2. The molecule has 9 nitrogen and oxygen atoms in total. The number of alkyl carbamates (subject to hydrolysis) is 1. The lowest BCUT2D eigenvalue weighted by Gasteiger charge is -2.34. The summed E-state index contributed by atoms with van der Waals surface area (Å²) in [5.41, 5.74) is 4.63. The van der Waals surface area contributed by atoms with Crippen molar-refractivity contribution in [3.8, 4) is 11.1 Å². The number of hydrogen-bond donors (Lipinski definition) is 3. The average Bonchev–Trinajstić information content (AvgIpc) is 3.32. The van der Waals surface area contributed by atoms with E-state index in [1.807, 2.05) is 24.3 Å². The topological polar surface area (TPSA) is 123 Å². The van der Waals surface area contributed by atoms with Crippen LogP contribution in [0.3, 0.4) is 0 Å². The van der Waals surface area contributed by atoms with E-state index >= 15 is 0 Å². The first-order chi connectivity index (χ1) is 16.4. The fraction of sp³-hybridized carbons (Fsp3) is 0.280. The molecule has 2 aliphatic carbocycles. The molecule has 1 saturated carbocycles. The van der Waals surface area contributed by atoms with Crippen LogP contribution in [-0.2, 0) is 16.6 Å². The van der Waals surface area contributed by atoms with Crippen molar-refractivity contribution in [2.24, 2.45) is 13.0 Å². The minimum absolute atomic E-state index is 0.00728. The number of aromatic carboxylic acids is 1. The highest BCUT2D eigenvalue weighted by atomic mass is 16.5. The van der Waals surface area contributed by atoms with Crippen molar-refractivity contribution >= 4 is 23.8 Å². The van der Waals surface area contributed by atoms with Crippen molar-refractivity contribution in [2.45, 2.75) is 24.8 Å². The second kappa shape index (κ2) is 8.66. The number of carboxylic acids is 1. The molecule has 0 aliphatic heterocycles. The van der Waals surface area contributed by atoms with Crippen molar-refractivity contribution in [3.05, 3.63) is 71.4 Å². The van der Waals surface area contributed by atoms with Crippen LogP contribution in [0.25, 0.3) is 11.1 Å². The van der Waals surface area contributed by atoms with Gasteiger partial charge in [0.25, 0.3) is 0 Å². The zero-order valence-electron chi connectivity index (χ0n) is 18.5. The quantitative estimate of drug-likeness (QED) is 0.518. The number of aryl methyl sites for hydroxylation is 1. The van der Waals surface area contributed by atoms with Gasteiger partial charge < -0.3 is 20.5 Å². The van der Waals surface area contributed by atoms with E-state index in [1.54, 1.807) is 0 Å². The molecule has 34 heavy (non-hydrogen) atoms. The van der Waals surface area contributed by atoms with Crippen LogP contribution in [0.1, 0.15) is 40.4 Å². The van der Waals surface area contributed by atoms with E-state index in [-0.39, 0.29) is 41.9 Å². The molecule has 174 valence electrons. The summed E-state index contributed by atoms with van der Waals surface area (Å²) in [5, 5.41) is 18.5. The fourth-order valence-corrected chi connectivity index (χ4v) is 4.71. The smallest absolute Gasteiger partial charge is 0.407 e. The summed E-state index contributed by atoms with van der Waals surface area (Å²) in [7, 11) is 1.50. The van der Waals surface area contributed by atoms with Gasteiger partial charge in [0.1, 0.15) is 12.3 Å². The van der Waals surface area contributed by atoms with Crippen LogP contribution in [0.15, 0.2) is 54.6 Å². The summed E-state index contributed by atoms with van der Waals surface area (Å²) in [5.74, 6) is -1.47. The normalized spacial score (nSPS) is 18.4. The summed E-state index contributed by atoms with van der Waals surface area (Å²) in [4.78, 5) is 35.9. The first kappa shape index (κ1) is 21.7. The Morgan fingerprint density at radius 2 is 1.68 bits per heavy atom. The van der Waals surface area contributed by atoms with Gasteiger partial charge in [-0.3, -0.25) is 9.48 Å². The molecule has 1 fully saturated rings. The SMILES string of the molecule is Cn1nc(NC(=O)C2CC(NC(=O)OCC3c4ccccc4-c4ccccc43)C2)cc1C(=O)O. The second-order valence-corrected chi connectivity index (χ2v) is 8.67. The number of amides is 2. The van der Waals surface area contributed by atoms with Crippen molar-refractivity contribution < 1.29 is 24.2 Å². The van der Waals surface area contributed by atoms with E-state index in [0.29, 0.717) is 12.8 Å². The Kier molecular flexibility index (Phi) is 5.53. The Bertz CT molecular complexity index is 1230. The lowest BCUT2D eigenvalue weighted by molar-refractivity contribution is -0.122. The molecule has 0 bridgehead atoms. The standard InChI is InChI=1S/C25H24N4O5/c1-29-21(24(31)32)12-22(28-29)27-23(30)14-10-15(11-14)26-25(33)34-13-20-18-8-4-2-6-16(18)17-7-3-5-9-19(17)20/h2-9,12,14-15,20H,10-11,13H2,1H3,(H,26,33)(H,31,32)(H,27,28,30). The van der Waals surface area contributed by atoms with Gasteiger partial charge in [0.2, 0.25) is 5.91 Å². The highest BCUT2D eigenvalue weighted by Gasteiger charge is 2.36. The number of benzene rings is 2. The minimum atomic E-state index is -1.12. The molecule has 3 aromatic rings. The van der Waals surface area contributed by atoms with E-state index in [2.05, 4.69) is 40.0 Å². The zero-order valence-corrected chi connectivity index (χ0v) is 18.5. The number of carbonyl (C=O) groups is 3. The van der Waals surface area contributed by atoms with Gasteiger partial charge in [-0.2, -0.15) is 5.10 Å². The number of nitrogens with zero attached hydrogens (tertiary/aromatic N) is 2. The summed E-state index contributed by atoms with van der Waals surface area (Å²) in [6.45, 7) is 0.238. The van der Waals surface area contributed by atoms with E-state index in [4.69, 9.17) is 9.84 Å². The number of hydrogen-bond acceptors (Lipinski definition) is 5. The third-order valence-corrected chi connectivity index (χ3v) is 6.52. The summed E-state index contributed by atoms with van der Waals surface area (Å²) >= 11 is 0. The molecule has 0 saturated heterocycles. The highest BCUT2D eigenvalue weighted by Crippen LogP contribution is 2.44. The Labute approximate surface area is 195 Å².